The first-order valence-corrected chi connectivity index (χ1v) is 11.9. The Morgan fingerprint density at radius 1 is 1.06 bits per heavy atom. The highest BCUT2D eigenvalue weighted by atomic mass is 16.5. The molecular formula is C27H35N3O6. The quantitative estimate of drug-likeness (QED) is 0.696. The number of nitrogens with one attached hydrogen (secondary N) is 1. The highest BCUT2D eigenvalue weighted by Crippen LogP contribution is 2.27. The lowest BCUT2D eigenvalue weighted by atomic mass is 10.0. The lowest BCUT2D eigenvalue weighted by Gasteiger charge is -2.35. The highest BCUT2D eigenvalue weighted by molar-refractivity contribution is 6.05. The SMILES string of the molecule is COc1ccc(C(=O)Nc2ccc3c(c2)C(=O)N(C)C[C@@H](OC)[C@H](C)CN(C(C)=O)[C@@H](C)CO3)cc1. The molecule has 3 amide bonds. The van der Waals surface area contributed by atoms with Gasteiger partial charge < -0.3 is 29.3 Å². The number of hydrogen-bond donors (Lipinski definition) is 1. The third-order valence-corrected chi connectivity index (χ3v) is 6.46. The zero-order valence-corrected chi connectivity index (χ0v) is 21.7. The van der Waals surface area contributed by atoms with E-state index >= 15 is 0 Å². The summed E-state index contributed by atoms with van der Waals surface area (Å²) in [6.07, 6.45) is -0.269. The minimum absolute atomic E-state index is 0.00869. The summed E-state index contributed by atoms with van der Waals surface area (Å²) >= 11 is 0. The monoisotopic (exact) mass is 497 g/mol. The number of amides is 3. The number of rotatable bonds is 4. The van der Waals surface area contributed by atoms with Crippen molar-refractivity contribution >= 4 is 23.4 Å². The number of carbonyl (C=O) groups excluding carboxylic acids is 3. The molecule has 9 nitrogen and oxygen atoms in total. The number of hydrogen-bond acceptors (Lipinski definition) is 6. The van der Waals surface area contributed by atoms with Gasteiger partial charge in [-0.1, -0.05) is 6.92 Å². The topological polar surface area (TPSA) is 97.4 Å². The minimum Gasteiger partial charge on any atom is -0.497 e. The van der Waals surface area contributed by atoms with Crippen LogP contribution in [-0.4, -0.2) is 80.6 Å². The standard InChI is InChI=1S/C27H35N3O6/c1-17-14-30(19(3)31)18(2)16-36-24-12-9-21(13-23(24)27(33)29(4)15-25(17)35-6)28-26(32)20-7-10-22(34-5)11-8-20/h7-13,17-18,25H,14-16H2,1-6H3,(H,28,32)/t17-,18+,25-/m1/s1. The lowest BCUT2D eigenvalue weighted by Crippen LogP contribution is -2.48. The van der Waals surface area contributed by atoms with Crippen LogP contribution in [0.25, 0.3) is 0 Å². The van der Waals surface area contributed by atoms with Crippen LogP contribution in [0.3, 0.4) is 0 Å². The first-order valence-electron chi connectivity index (χ1n) is 11.9. The smallest absolute Gasteiger partial charge is 0.257 e. The van der Waals surface area contributed by atoms with Crippen molar-refractivity contribution in [3.63, 3.8) is 0 Å². The summed E-state index contributed by atoms with van der Waals surface area (Å²) in [7, 11) is 4.87. The molecule has 0 bridgehead atoms. The number of carbonyl (C=O) groups is 3. The number of nitrogens with zero attached hydrogens (tertiary/aromatic N) is 2. The first kappa shape index (κ1) is 27.0. The Labute approximate surface area is 212 Å². The zero-order valence-electron chi connectivity index (χ0n) is 21.7. The Kier molecular flexibility index (Phi) is 8.93. The normalized spacial score (nSPS) is 20.9. The van der Waals surface area contributed by atoms with Crippen molar-refractivity contribution in [2.24, 2.45) is 5.92 Å². The Morgan fingerprint density at radius 3 is 2.36 bits per heavy atom. The number of methoxy groups -OCH3 is 2. The molecule has 2 aromatic carbocycles. The van der Waals surface area contributed by atoms with Gasteiger partial charge in [0.15, 0.2) is 0 Å². The first-order chi connectivity index (χ1) is 17.1. The number of likely N-dealkylation sites (N-methyl/N-ethyl adjacent to an activating group) is 1. The molecule has 194 valence electrons. The van der Waals surface area contributed by atoms with E-state index in [0.717, 1.165) is 0 Å². The fourth-order valence-corrected chi connectivity index (χ4v) is 4.24. The van der Waals surface area contributed by atoms with Crippen LogP contribution in [0.5, 0.6) is 11.5 Å². The summed E-state index contributed by atoms with van der Waals surface area (Å²) < 4.78 is 16.9. The Balaban J connectivity index is 1.92. The van der Waals surface area contributed by atoms with Gasteiger partial charge in [0, 0.05) is 51.3 Å². The van der Waals surface area contributed by atoms with Gasteiger partial charge in [-0.2, -0.15) is 0 Å². The molecule has 36 heavy (non-hydrogen) atoms. The van der Waals surface area contributed by atoms with E-state index in [1.165, 1.54) is 6.92 Å². The van der Waals surface area contributed by atoms with Gasteiger partial charge in [-0.05, 0) is 49.4 Å². The number of anilines is 1. The van der Waals surface area contributed by atoms with E-state index < -0.39 is 0 Å². The van der Waals surface area contributed by atoms with Crippen molar-refractivity contribution in [1.82, 2.24) is 9.80 Å². The molecule has 9 heteroatoms. The fraction of sp³-hybridized carbons (Fsp3) is 0.444. The molecule has 0 unspecified atom stereocenters. The van der Waals surface area contributed by atoms with Gasteiger partial charge in [0.25, 0.3) is 11.8 Å². The van der Waals surface area contributed by atoms with Crippen LogP contribution in [0, 0.1) is 5.92 Å². The second-order valence-corrected chi connectivity index (χ2v) is 9.16. The van der Waals surface area contributed by atoms with E-state index in [1.54, 1.807) is 73.5 Å². The van der Waals surface area contributed by atoms with Gasteiger partial charge in [-0.15, -0.1) is 0 Å². The van der Waals surface area contributed by atoms with Gasteiger partial charge in [-0.25, -0.2) is 0 Å². The van der Waals surface area contributed by atoms with E-state index in [-0.39, 0.29) is 42.4 Å². The Hall–Kier alpha value is -3.59. The van der Waals surface area contributed by atoms with E-state index in [1.807, 2.05) is 13.8 Å². The van der Waals surface area contributed by atoms with E-state index in [4.69, 9.17) is 14.2 Å². The minimum atomic E-state index is -0.313. The third-order valence-electron chi connectivity index (χ3n) is 6.46. The van der Waals surface area contributed by atoms with Gasteiger partial charge >= 0.3 is 0 Å². The predicted molar refractivity (Wildman–Crippen MR) is 137 cm³/mol. The summed E-state index contributed by atoms with van der Waals surface area (Å²) in [6.45, 7) is 6.49. The molecule has 1 aliphatic rings. The molecule has 0 saturated carbocycles. The maximum Gasteiger partial charge on any atom is 0.257 e. The lowest BCUT2D eigenvalue weighted by molar-refractivity contribution is -0.133. The molecule has 0 saturated heterocycles. The molecule has 1 N–H and O–H groups in total. The molecule has 0 aliphatic carbocycles. The van der Waals surface area contributed by atoms with Crippen molar-refractivity contribution < 1.29 is 28.6 Å². The molecule has 1 heterocycles. The Bertz CT molecular complexity index is 1090. The molecular weight excluding hydrogens is 462 g/mol. The second kappa shape index (κ2) is 11.9. The summed E-state index contributed by atoms with van der Waals surface area (Å²) in [4.78, 5) is 41.9. The molecule has 2 aromatic rings. The zero-order chi connectivity index (χ0) is 26.4. The molecule has 0 spiro atoms. The van der Waals surface area contributed by atoms with Crippen LogP contribution < -0.4 is 14.8 Å². The third kappa shape index (κ3) is 6.34. The Morgan fingerprint density at radius 2 is 1.75 bits per heavy atom. The number of ether oxygens (including phenoxy) is 3. The molecule has 0 radical (unpaired) electrons. The van der Waals surface area contributed by atoms with Crippen LogP contribution in [0.1, 0.15) is 41.5 Å². The van der Waals surface area contributed by atoms with E-state index in [9.17, 15) is 14.4 Å². The largest absolute Gasteiger partial charge is 0.497 e. The van der Waals surface area contributed by atoms with Crippen molar-refractivity contribution in [2.75, 3.05) is 46.3 Å². The summed E-state index contributed by atoms with van der Waals surface area (Å²) in [5, 5.41) is 2.84. The molecule has 0 fully saturated rings. The maximum atomic E-state index is 13.5. The van der Waals surface area contributed by atoms with Gasteiger partial charge in [0.1, 0.15) is 18.1 Å². The highest BCUT2D eigenvalue weighted by Gasteiger charge is 2.29. The number of benzene rings is 2. The summed E-state index contributed by atoms with van der Waals surface area (Å²) in [6, 6.07) is 11.5. The van der Waals surface area contributed by atoms with Crippen molar-refractivity contribution in [2.45, 2.75) is 32.9 Å². The van der Waals surface area contributed by atoms with Crippen molar-refractivity contribution in [3.05, 3.63) is 53.6 Å². The van der Waals surface area contributed by atoms with Gasteiger partial charge in [0.05, 0.1) is 24.8 Å². The van der Waals surface area contributed by atoms with Crippen LogP contribution in [0.2, 0.25) is 0 Å². The van der Waals surface area contributed by atoms with Gasteiger partial charge in [-0.3, -0.25) is 14.4 Å². The van der Waals surface area contributed by atoms with Crippen LogP contribution >= 0.6 is 0 Å². The predicted octanol–water partition coefficient (Wildman–Crippen LogP) is 3.30. The fourth-order valence-electron chi connectivity index (χ4n) is 4.24. The average Bonchev–Trinajstić information content (AvgIpc) is 2.87. The summed E-state index contributed by atoms with van der Waals surface area (Å²) in [5.41, 5.74) is 1.23. The summed E-state index contributed by atoms with van der Waals surface area (Å²) in [5.74, 6) is 0.408. The maximum absolute atomic E-state index is 13.5. The average molecular weight is 498 g/mol. The molecule has 0 aromatic heterocycles. The van der Waals surface area contributed by atoms with Gasteiger partial charge in [0.2, 0.25) is 5.91 Å². The molecule has 3 atom stereocenters. The van der Waals surface area contributed by atoms with Crippen LogP contribution in [0.4, 0.5) is 5.69 Å². The van der Waals surface area contributed by atoms with Crippen molar-refractivity contribution in [1.29, 1.82) is 0 Å². The molecule has 1 aliphatic heterocycles. The van der Waals surface area contributed by atoms with Crippen LogP contribution in [0.15, 0.2) is 42.5 Å². The number of fused-ring (bicyclic) bond motifs is 1. The van der Waals surface area contributed by atoms with Crippen molar-refractivity contribution in [3.8, 4) is 11.5 Å². The van der Waals surface area contributed by atoms with Crippen LogP contribution in [-0.2, 0) is 9.53 Å². The second-order valence-electron chi connectivity index (χ2n) is 9.16. The molecule has 3 rings (SSSR count). The van der Waals surface area contributed by atoms with E-state index in [0.29, 0.717) is 41.4 Å². The van der Waals surface area contributed by atoms with E-state index in [2.05, 4.69) is 5.32 Å².